The molecule has 0 radical (unpaired) electrons. The van der Waals surface area contributed by atoms with E-state index in [0.29, 0.717) is 17.7 Å². The monoisotopic (exact) mass is 328 g/mol. The Bertz CT molecular complexity index is 683. The van der Waals surface area contributed by atoms with Crippen molar-refractivity contribution in [3.63, 3.8) is 0 Å². The normalized spacial score (nSPS) is 13.2. The molecule has 2 N–H and O–H groups in total. The highest BCUT2D eigenvalue weighted by Gasteiger charge is 2.10. The number of aliphatic hydroxyl groups is 1. The summed E-state index contributed by atoms with van der Waals surface area (Å²) < 4.78 is 18.8. The van der Waals surface area contributed by atoms with Crippen LogP contribution < -0.4 is 5.32 Å². The minimum absolute atomic E-state index is 0.0407. The summed E-state index contributed by atoms with van der Waals surface area (Å²) in [5.41, 5.74) is 2.13. The molecule has 4 nitrogen and oxygen atoms in total. The van der Waals surface area contributed by atoms with Gasteiger partial charge in [-0.15, -0.1) is 0 Å². The average molecular weight is 328 g/mol. The molecule has 2 atom stereocenters. The van der Waals surface area contributed by atoms with Crippen LogP contribution in [0.2, 0.25) is 0 Å². The van der Waals surface area contributed by atoms with Gasteiger partial charge in [0.1, 0.15) is 5.82 Å². The van der Waals surface area contributed by atoms with Gasteiger partial charge in [-0.1, -0.05) is 30.3 Å². The Morgan fingerprint density at radius 1 is 1.21 bits per heavy atom. The van der Waals surface area contributed by atoms with Crippen molar-refractivity contribution in [3.8, 4) is 6.07 Å². The first kappa shape index (κ1) is 18.1. The van der Waals surface area contributed by atoms with Crippen LogP contribution in [0.25, 0.3) is 0 Å². The van der Waals surface area contributed by atoms with Crippen LogP contribution >= 0.6 is 0 Å². The molecule has 2 rings (SSSR count). The van der Waals surface area contributed by atoms with E-state index in [1.54, 1.807) is 30.3 Å². The zero-order valence-electron chi connectivity index (χ0n) is 13.6. The molecule has 0 amide bonds. The van der Waals surface area contributed by atoms with Gasteiger partial charge in [0.25, 0.3) is 0 Å². The van der Waals surface area contributed by atoms with Gasteiger partial charge in [0, 0.05) is 18.2 Å². The van der Waals surface area contributed by atoms with E-state index in [2.05, 4.69) is 11.4 Å². The fraction of sp³-hybridized carbons (Fsp3) is 0.316. The summed E-state index contributed by atoms with van der Waals surface area (Å²) in [6.07, 6.45) is -0.683. The number of halogens is 1. The van der Waals surface area contributed by atoms with Gasteiger partial charge in [0.2, 0.25) is 0 Å². The predicted molar refractivity (Wildman–Crippen MR) is 89.6 cm³/mol. The lowest BCUT2D eigenvalue weighted by Crippen LogP contribution is -2.32. The van der Waals surface area contributed by atoms with Gasteiger partial charge in [-0.2, -0.15) is 5.26 Å². The number of rotatable bonds is 8. The largest absolute Gasteiger partial charge is 0.389 e. The van der Waals surface area contributed by atoms with Crippen LogP contribution in [0.3, 0.4) is 0 Å². The van der Waals surface area contributed by atoms with E-state index in [1.807, 2.05) is 19.1 Å². The summed E-state index contributed by atoms with van der Waals surface area (Å²) >= 11 is 0. The lowest BCUT2D eigenvalue weighted by atomic mass is 10.1. The second kappa shape index (κ2) is 9.14. The van der Waals surface area contributed by atoms with Crippen molar-refractivity contribution in [1.29, 1.82) is 5.26 Å². The highest BCUT2D eigenvalue weighted by atomic mass is 19.1. The number of aliphatic hydroxyl groups excluding tert-OH is 1. The van der Waals surface area contributed by atoms with Crippen LogP contribution in [-0.2, 0) is 11.3 Å². The van der Waals surface area contributed by atoms with Gasteiger partial charge in [-0.3, -0.25) is 0 Å². The first-order valence-corrected chi connectivity index (χ1v) is 7.83. The second-order valence-corrected chi connectivity index (χ2v) is 5.62. The summed E-state index contributed by atoms with van der Waals surface area (Å²) in [5, 5.41) is 21.9. The molecule has 5 heteroatoms. The molecular formula is C19H21FN2O2. The van der Waals surface area contributed by atoms with E-state index >= 15 is 0 Å². The molecule has 0 bridgehead atoms. The first-order valence-electron chi connectivity index (χ1n) is 7.83. The average Bonchev–Trinajstić information content (AvgIpc) is 2.61. The summed E-state index contributed by atoms with van der Waals surface area (Å²) in [6.45, 7) is 2.60. The van der Waals surface area contributed by atoms with Crippen molar-refractivity contribution in [3.05, 3.63) is 71.0 Å². The van der Waals surface area contributed by atoms with Crippen molar-refractivity contribution in [1.82, 2.24) is 5.32 Å². The molecule has 0 aliphatic rings. The Balaban J connectivity index is 1.71. The molecule has 0 fully saturated rings. The van der Waals surface area contributed by atoms with Gasteiger partial charge in [0.05, 0.1) is 31.0 Å². The number of hydrogen-bond acceptors (Lipinski definition) is 4. The lowest BCUT2D eigenvalue weighted by Gasteiger charge is -2.18. The maximum absolute atomic E-state index is 13.4. The number of nitriles is 1. The lowest BCUT2D eigenvalue weighted by molar-refractivity contribution is 0.0268. The highest BCUT2D eigenvalue weighted by Crippen LogP contribution is 2.13. The number of benzene rings is 2. The Kier molecular flexibility index (Phi) is 6.89. The Hall–Kier alpha value is -2.26. The third-order valence-corrected chi connectivity index (χ3v) is 3.73. The highest BCUT2D eigenvalue weighted by molar-refractivity contribution is 5.32. The Labute approximate surface area is 141 Å². The topological polar surface area (TPSA) is 65.3 Å². The molecular weight excluding hydrogens is 307 g/mol. The minimum Gasteiger partial charge on any atom is -0.389 e. The molecule has 24 heavy (non-hydrogen) atoms. The molecule has 126 valence electrons. The Morgan fingerprint density at radius 2 is 1.92 bits per heavy atom. The van der Waals surface area contributed by atoms with Crippen LogP contribution in [0.1, 0.15) is 29.7 Å². The van der Waals surface area contributed by atoms with Gasteiger partial charge in [-0.25, -0.2) is 4.39 Å². The zero-order chi connectivity index (χ0) is 17.4. The van der Waals surface area contributed by atoms with Crippen molar-refractivity contribution in [2.75, 3.05) is 13.2 Å². The molecule has 0 aromatic heterocycles. The van der Waals surface area contributed by atoms with E-state index < -0.39 is 6.10 Å². The number of nitrogens with zero attached hydrogens (tertiary/aromatic N) is 1. The van der Waals surface area contributed by atoms with Crippen LogP contribution in [0.5, 0.6) is 0 Å². The summed E-state index contributed by atoms with van der Waals surface area (Å²) in [6, 6.07) is 15.8. The van der Waals surface area contributed by atoms with Crippen molar-refractivity contribution in [2.24, 2.45) is 0 Å². The molecule has 0 saturated carbocycles. The third kappa shape index (κ3) is 5.43. The van der Waals surface area contributed by atoms with Gasteiger partial charge in [-0.05, 0) is 30.7 Å². The van der Waals surface area contributed by atoms with Crippen molar-refractivity contribution >= 4 is 0 Å². The second-order valence-electron chi connectivity index (χ2n) is 5.62. The van der Waals surface area contributed by atoms with E-state index in [0.717, 1.165) is 5.56 Å². The molecule has 2 aromatic rings. The van der Waals surface area contributed by atoms with Crippen LogP contribution in [0, 0.1) is 17.1 Å². The van der Waals surface area contributed by atoms with Crippen molar-refractivity contribution < 1.29 is 14.2 Å². The molecule has 2 unspecified atom stereocenters. The summed E-state index contributed by atoms with van der Waals surface area (Å²) in [7, 11) is 0. The quantitative estimate of drug-likeness (QED) is 0.782. The summed E-state index contributed by atoms with van der Waals surface area (Å²) in [5.74, 6) is -0.306. The van der Waals surface area contributed by atoms with E-state index in [1.165, 1.54) is 6.07 Å². The van der Waals surface area contributed by atoms with Crippen LogP contribution in [0.4, 0.5) is 4.39 Å². The smallest absolute Gasteiger partial charge is 0.128 e. The first-order chi connectivity index (χ1) is 11.6. The van der Waals surface area contributed by atoms with E-state index in [9.17, 15) is 9.50 Å². The maximum atomic E-state index is 13.4. The molecule has 0 saturated heterocycles. The fourth-order valence-electron chi connectivity index (χ4n) is 2.26. The minimum atomic E-state index is -0.683. The van der Waals surface area contributed by atoms with Gasteiger partial charge < -0.3 is 15.2 Å². The standard InChI is InChI=1S/C19H21FN2O2/c1-14(16-8-6-15(10-21)7-9-16)22-11-18(23)13-24-12-17-4-2-3-5-19(17)20/h2-9,14,18,22-23H,11-13H2,1H3. The zero-order valence-corrected chi connectivity index (χ0v) is 13.6. The molecule has 2 aromatic carbocycles. The number of hydrogen-bond donors (Lipinski definition) is 2. The molecule has 0 spiro atoms. The van der Waals surface area contributed by atoms with Crippen LogP contribution in [0.15, 0.2) is 48.5 Å². The number of ether oxygens (including phenoxy) is 1. The van der Waals surface area contributed by atoms with E-state index in [-0.39, 0.29) is 25.1 Å². The van der Waals surface area contributed by atoms with Crippen LogP contribution in [-0.4, -0.2) is 24.4 Å². The molecule has 0 heterocycles. The molecule has 0 aliphatic heterocycles. The third-order valence-electron chi connectivity index (χ3n) is 3.73. The molecule has 0 aliphatic carbocycles. The fourth-order valence-corrected chi connectivity index (χ4v) is 2.26. The van der Waals surface area contributed by atoms with Crippen molar-refractivity contribution in [2.45, 2.75) is 25.7 Å². The van der Waals surface area contributed by atoms with E-state index in [4.69, 9.17) is 10.00 Å². The maximum Gasteiger partial charge on any atom is 0.128 e. The summed E-state index contributed by atoms with van der Waals surface area (Å²) in [4.78, 5) is 0. The predicted octanol–water partition coefficient (Wildman–Crippen LogP) is 2.93. The van der Waals surface area contributed by atoms with Gasteiger partial charge >= 0.3 is 0 Å². The SMILES string of the molecule is CC(NCC(O)COCc1ccccc1F)c1ccc(C#N)cc1. The number of nitrogens with one attached hydrogen (secondary N) is 1. The van der Waals surface area contributed by atoms with Gasteiger partial charge in [0.15, 0.2) is 0 Å². The Morgan fingerprint density at radius 3 is 2.58 bits per heavy atom.